The van der Waals surface area contributed by atoms with Crippen molar-refractivity contribution in [2.75, 3.05) is 33.3 Å². The van der Waals surface area contributed by atoms with E-state index in [4.69, 9.17) is 13.3 Å². The lowest BCUT2D eigenvalue weighted by Crippen LogP contribution is -2.42. The largest absolute Gasteiger partial charge is 0.500 e. The first-order valence-corrected chi connectivity index (χ1v) is 8.71. The molecule has 0 aliphatic rings. The summed E-state index contributed by atoms with van der Waals surface area (Å²) in [7, 11) is 2.73. The van der Waals surface area contributed by atoms with Gasteiger partial charge in [-0.05, 0) is 24.9 Å². The zero-order chi connectivity index (χ0) is 11.6. The van der Waals surface area contributed by atoms with Gasteiger partial charge in [0.1, 0.15) is 0 Å². The standard InChI is InChI=1S/C10H24O3SSi/c1-11-15(12-2,13-3)10-8-6-5-7-9-14-4/h5-10H2,1-4H3. The molecule has 3 nitrogen and oxygen atoms in total. The van der Waals surface area contributed by atoms with Crippen LogP contribution >= 0.6 is 11.8 Å². The van der Waals surface area contributed by atoms with Crippen LogP contribution in [0.2, 0.25) is 6.04 Å². The van der Waals surface area contributed by atoms with Gasteiger partial charge in [0.15, 0.2) is 0 Å². The Morgan fingerprint density at radius 2 is 1.40 bits per heavy atom. The smallest absolute Gasteiger partial charge is 0.377 e. The van der Waals surface area contributed by atoms with Crippen LogP contribution in [-0.4, -0.2) is 42.1 Å². The molecule has 92 valence electrons. The van der Waals surface area contributed by atoms with E-state index >= 15 is 0 Å². The Labute approximate surface area is 99.2 Å². The third kappa shape index (κ3) is 6.58. The van der Waals surface area contributed by atoms with Gasteiger partial charge in [-0.25, -0.2) is 0 Å². The SMILES string of the molecule is CO[Si](CCCCCCSC)(OC)OC. The summed E-state index contributed by atoms with van der Waals surface area (Å²) in [6, 6.07) is 0.926. The first-order valence-electron chi connectivity index (χ1n) is 5.39. The second-order valence-electron chi connectivity index (χ2n) is 3.45. The Balaban J connectivity index is 3.54. The van der Waals surface area contributed by atoms with Crippen LogP contribution in [0.3, 0.4) is 0 Å². The highest BCUT2D eigenvalue weighted by atomic mass is 32.2. The molecule has 0 aliphatic carbocycles. The van der Waals surface area contributed by atoms with Gasteiger partial charge in [0, 0.05) is 27.4 Å². The van der Waals surface area contributed by atoms with Crippen molar-refractivity contribution < 1.29 is 13.3 Å². The Hall–Kier alpha value is 0.447. The number of hydrogen-bond acceptors (Lipinski definition) is 4. The number of rotatable bonds is 10. The third-order valence-corrected chi connectivity index (χ3v) is 6.04. The summed E-state index contributed by atoms with van der Waals surface area (Å²) < 4.78 is 16.1. The molecule has 0 bridgehead atoms. The van der Waals surface area contributed by atoms with Crippen LogP contribution in [0.1, 0.15) is 25.7 Å². The molecule has 0 radical (unpaired) electrons. The summed E-state index contributed by atoms with van der Waals surface area (Å²) in [5.74, 6) is 1.27. The molecule has 5 heteroatoms. The van der Waals surface area contributed by atoms with E-state index in [2.05, 4.69) is 6.26 Å². The molecule has 0 atom stereocenters. The van der Waals surface area contributed by atoms with Crippen molar-refractivity contribution in [3.8, 4) is 0 Å². The van der Waals surface area contributed by atoms with Crippen LogP contribution in [0.25, 0.3) is 0 Å². The monoisotopic (exact) mass is 252 g/mol. The maximum absolute atomic E-state index is 5.35. The molecule has 0 N–H and O–H groups in total. The fraction of sp³-hybridized carbons (Fsp3) is 1.00. The van der Waals surface area contributed by atoms with Crippen molar-refractivity contribution in [1.82, 2.24) is 0 Å². The molecule has 0 spiro atoms. The molecule has 0 saturated carbocycles. The molecule has 0 aliphatic heterocycles. The number of unbranched alkanes of at least 4 members (excludes halogenated alkanes) is 3. The molecule has 0 aromatic rings. The van der Waals surface area contributed by atoms with Gasteiger partial charge in [-0.3, -0.25) is 0 Å². The zero-order valence-corrected chi connectivity index (χ0v) is 12.2. The molecule has 0 aromatic heterocycles. The summed E-state index contributed by atoms with van der Waals surface area (Å²) in [6.07, 6.45) is 7.13. The predicted octanol–water partition coefficient (Wildman–Crippen LogP) is 2.79. The van der Waals surface area contributed by atoms with Gasteiger partial charge in [0.25, 0.3) is 0 Å². The first kappa shape index (κ1) is 15.4. The number of thioether (sulfide) groups is 1. The van der Waals surface area contributed by atoms with Crippen LogP contribution in [0.4, 0.5) is 0 Å². The second-order valence-corrected chi connectivity index (χ2v) is 7.53. The van der Waals surface area contributed by atoms with Crippen molar-refractivity contribution in [2.45, 2.75) is 31.7 Å². The summed E-state index contributed by atoms with van der Waals surface area (Å²) in [5.41, 5.74) is 0. The predicted molar refractivity (Wildman–Crippen MR) is 68.4 cm³/mol. The minimum Gasteiger partial charge on any atom is -0.377 e. The van der Waals surface area contributed by atoms with Gasteiger partial charge in [0.05, 0.1) is 0 Å². The highest BCUT2D eigenvalue weighted by Gasteiger charge is 2.36. The molecule has 0 saturated heterocycles. The van der Waals surface area contributed by atoms with Crippen LogP contribution in [-0.2, 0) is 13.3 Å². The van der Waals surface area contributed by atoms with Gasteiger partial charge < -0.3 is 13.3 Å². The summed E-state index contributed by atoms with van der Waals surface area (Å²) in [5, 5.41) is 0. The second kappa shape index (κ2) is 9.66. The van der Waals surface area contributed by atoms with E-state index in [1.165, 1.54) is 25.0 Å². The molecular formula is C10H24O3SSi. The molecule has 0 heterocycles. The van der Waals surface area contributed by atoms with Crippen molar-refractivity contribution in [1.29, 1.82) is 0 Å². The van der Waals surface area contributed by atoms with Crippen LogP contribution in [0.5, 0.6) is 0 Å². The molecule has 0 amide bonds. The van der Waals surface area contributed by atoms with Gasteiger partial charge in [0.2, 0.25) is 0 Å². The van der Waals surface area contributed by atoms with E-state index in [1.807, 2.05) is 11.8 Å². The van der Waals surface area contributed by atoms with E-state index in [1.54, 1.807) is 21.3 Å². The lowest BCUT2D eigenvalue weighted by molar-refractivity contribution is 0.122. The summed E-state index contributed by atoms with van der Waals surface area (Å²) >= 11 is 1.91. The molecule has 0 unspecified atom stereocenters. The Morgan fingerprint density at radius 1 is 0.867 bits per heavy atom. The third-order valence-electron chi connectivity index (χ3n) is 2.51. The van der Waals surface area contributed by atoms with Crippen molar-refractivity contribution in [3.63, 3.8) is 0 Å². The van der Waals surface area contributed by atoms with Crippen LogP contribution in [0, 0.1) is 0 Å². The molecular weight excluding hydrogens is 228 g/mol. The lowest BCUT2D eigenvalue weighted by atomic mass is 10.2. The Morgan fingerprint density at radius 3 is 1.87 bits per heavy atom. The van der Waals surface area contributed by atoms with Gasteiger partial charge >= 0.3 is 8.80 Å². The fourth-order valence-corrected chi connectivity index (χ4v) is 3.79. The first-order chi connectivity index (χ1) is 7.24. The Kier molecular flexibility index (Phi) is 9.94. The Bertz CT molecular complexity index is 134. The minimum atomic E-state index is -2.29. The van der Waals surface area contributed by atoms with Crippen LogP contribution < -0.4 is 0 Å². The highest BCUT2D eigenvalue weighted by Crippen LogP contribution is 2.17. The van der Waals surface area contributed by atoms with Gasteiger partial charge in [-0.1, -0.05) is 12.8 Å². The highest BCUT2D eigenvalue weighted by molar-refractivity contribution is 7.98. The lowest BCUT2D eigenvalue weighted by Gasteiger charge is -2.24. The molecule has 0 fully saturated rings. The normalized spacial score (nSPS) is 12.0. The zero-order valence-electron chi connectivity index (χ0n) is 10.4. The topological polar surface area (TPSA) is 27.7 Å². The average Bonchev–Trinajstić information content (AvgIpc) is 2.29. The maximum Gasteiger partial charge on any atom is 0.500 e. The fourth-order valence-electron chi connectivity index (χ4n) is 1.50. The maximum atomic E-state index is 5.35. The molecule has 0 aromatic carbocycles. The molecule has 15 heavy (non-hydrogen) atoms. The van der Waals surface area contributed by atoms with Crippen molar-refractivity contribution in [3.05, 3.63) is 0 Å². The van der Waals surface area contributed by atoms with Crippen molar-refractivity contribution >= 4 is 20.6 Å². The van der Waals surface area contributed by atoms with Gasteiger partial charge in [-0.2, -0.15) is 11.8 Å². The summed E-state index contributed by atoms with van der Waals surface area (Å²) in [6.45, 7) is 0. The van der Waals surface area contributed by atoms with Gasteiger partial charge in [-0.15, -0.1) is 0 Å². The molecule has 0 rings (SSSR count). The quantitative estimate of drug-likeness (QED) is 0.441. The van der Waals surface area contributed by atoms with Crippen LogP contribution in [0.15, 0.2) is 0 Å². The number of hydrogen-bond donors (Lipinski definition) is 0. The van der Waals surface area contributed by atoms with E-state index in [0.717, 1.165) is 12.5 Å². The minimum absolute atomic E-state index is 0.926. The van der Waals surface area contributed by atoms with Crippen molar-refractivity contribution in [2.24, 2.45) is 0 Å². The van der Waals surface area contributed by atoms with E-state index < -0.39 is 8.80 Å². The average molecular weight is 252 g/mol. The summed E-state index contributed by atoms with van der Waals surface area (Å²) in [4.78, 5) is 0. The van der Waals surface area contributed by atoms with E-state index in [9.17, 15) is 0 Å². The van der Waals surface area contributed by atoms with E-state index in [0.29, 0.717) is 0 Å². The van der Waals surface area contributed by atoms with E-state index in [-0.39, 0.29) is 0 Å².